The third-order valence-electron chi connectivity index (χ3n) is 1.71. The average molecular weight is 167 g/mol. The Bertz CT molecular complexity index is 158. The second-order valence-electron chi connectivity index (χ2n) is 2.84. The van der Waals surface area contributed by atoms with Crippen molar-refractivity contribution in [2.45, 2.75) is 32.6 Å². The van der Waals surface area contributed by atoms with Crippen LogP contribution in [-0.2, 0) is 0 Å². The lowest BCUT2D eigenvalue weighted by atomic mass is 10.1. The van der Waals surface area contributed by atoms with Crippen molar-refractivity contribution in [3.05, 3.63) is 12.2 Å². The molecule has 0 aromatic heterocycles. The summed E-state index contributed by atoms with van der Waals surface area (Å²) < 4.78 is 0. The highest BCUT2D eigenvalue weighted by molar-refractivity contribution is 4.99. The van der Waals surface area contributed by atoms with Gasteiger partial charge in [0.1, 0.15) is 0 Å². The zero-order valence-electron chi connectivity index (χ0n) is 7.66. The van der Waals surface area contributed by atoms with Gasteiger partial charge in [-0.2, -0.15) is 5.26 Å². The molecule has 0 aliphatic heterocycles. The summed E-state index contributed by atoms with van der Waals surface area (Å²) in [5, 5.41) is 17.1. The first-order chi connectivity index (χ1) is 5.85. The molecule has 2 heteroatoms. The average Bonchev–Trinajstić information content (AvgIpc) is 2.11. The molecule has 0 fully saturated rings. The van der Waals surface area contributed by atoms with Gasteiger partial charge in [-0.05, 0) is 12.8 Å². The summed E-state index contributed by atoms with van der Waals surface area (Å²) in [6, 6.07) is 2.01. The van der Waals surface area contributed by atoms with E-state index in [0.29, 0.717) is 0 Å². The van der Waals surface area contributed by atoms with Crippen LogP contribution >= 0.6 is 0 Å². The topological polar surface area (TPSA) is 44.0 Å². The molecule has 0 saturated heterocycles. The van der Waals surface area contributed by atoms with Crippen LogP contribution in [0.15, 0.2) is 12.2 Å². The lowest BCUT2D eigenvalue weighted by Gasteiger charge is -1.96. The Hall–Kier alpha value is -0.810. The van der Waals surface area contributed by atoms with Gasteiger partial charge in [-0.25, -0.2) is 0 Å². The van der Waals surface area contributed by atoms with Crippen LogP contribution in [-0.4, -0.2) is 11.7 Å². The van der Waals surface area contributed by atoms with E-state index in [2.05, 4.69) is 6.92 Å². The van der Waals surface area contributed by atoms with Crippen LogP contribution in [0.3, 0.4) is 0 Å². The van der Waals surface area contributed by atoms with Crippen LogP contribution in [0.1, 0.15) is 32.6 Å². The molecule has 2 nitrogen and oxygen atoms in total. The molecule has 1 unspecified atom stereocenters. The fourth-order valence-corrected chi connectivity index (χ4v) is 0.917. The Balaban J connectivity index is 3.41. The maximum Gasteiger partial charge on any atom is 0.0874 e. The number of hydrogen-bond donors (Lipinski definition) is 1. The Kier molecular flexibility index (Phi) is 7.73. The predicted octanol–water partition coefficient (Wildman–Crippen LogP) is 2.25. The van der Waals surface area contributed by atoms with Crippen LogP contribution in [0, 0.1) is 17.2 Å². The van der Waals surface area contributed by atoms with Gasteiger partial charge in [-0.15, -0.1) is 0 Å². The Morgan fingerprint density at radius 2 is 2.25 bits per heavy atom. The van der Waals surface area contributed by atoms with Crippen molar-refractivity contribution in [3.63, 3.8) is 0 Å². The number of rotatable bonds is 6. The van der Waals surface area contributed by atoms with Crippen molar-refractivity contribution in [3.8, 4) is 6.07 Å². The van der Waals surface area contributed by atoms with Crippen LogP contribution < -0.4 is 0 Å². The van der Waals surface area contributed by atoms with E-state index in [1.54, 1.807) is 6.08 Å². The van der Waals surface area contributed by atoms with Gasteiger partial charge in [-0.1, -0.05) is 31.9 Å². The first-order valence-corrected chi connectivity index (χ1v) is 4.52. The number of nitriles is 1. The van der Waals surface area contributed by atoms with E-state index in [0.717, 1.165) is 6.42 Å². The standard InChI is InChI=1S/C10H17NO/c1-2-3-4-5-6-7-10(8-11)9-12/h6-7,10,12H,2-5,9H2,1H3/b7-6+. The zero-order valence-corrected chi connectivity index (χ0v) is 7.66. The van der Waals surface area contributed by atoms with E-state index in [1.165, 1.54) is 19.3 Å². The minimum Gasteiger partial charge on any atom is -0.395 e. The number of aliphatic hydroxyl groups excluding tert-OH is 1. The van der Waals surface area contributed by atoms with Gasteiger partial charge in [0.15, 0.2) is 0 Å². The van der Waals surface area contributed by atoms with Crippen molar-refractivity contribution >= 4 is 0 Å². The molecule has 0 amide bonds. The summed E-state index contributed by atoms with van der Waals surface area (Å²) in [5.74, 6) is -0.313. The van der Waals surface area contributed by atoms with Crippen molar-refractivity contribution < 1.29 is 5.11 Å². The molecule has 0 spiro atoms. The number of aliphatic hydroxyl groups is 1. The summed E-state index contributed by atoms with van der Waals surface area (Å²) in [4.78, 5) is 0. The third kappa shape index (κ3) is 5.94. The number of unbranched alkanes of at least 4 members (excludes halogenated alkanes) is 3. The van der Waals surface area contributed by atoms with E-state index < -0.39 is 0 Å². The minimum absolute atomic E-state index is 0.0687. The number of allylic oxidation sites excluding steroid dienone is 1. The summed E-state index contributed by atoms with van der Waals surface area (Å²) in [6.07, 6.45) is 8.42. The van der Waals surface area contributed by atoms with Gasteiger partial charge in [0.2, 0.25) is 0 Å². The van der Waals surface area contributed by atoms with Gasteiger partial charge in [0, 0.05) is 0 Å². The highest BCUT2D eigenvalue weighted by Gasteiger charge is 1.97. The molecular weight excluding hydrogens is 150 g/mol. The SMILES string of the molecule is CCCCC/C=C/C(C#N)CO. The smallest absolute Gasteiger partial charge is 0.0874 e. The monoisotopic (exact) mass is 167 g/mol. The Morgan fingerprint density at radius 1 is 1.50 bits per heavy atom. The minimum atomic E-state index is -0.313. The Labute approximate surface area is 74.5 Å². The summed E-state index contributed by atoms with van der Waals surface area (Å²) >= 11 is 0. The second-order valence-corrected chi connectivity index (χ2v) is 2.84. The molecule has 68 valence electrons. The van der Waals surface area contributed by atoms with E-state index in [1.807, 2.05) is 12.1 Å². The highest BCUT2D eigenvalue weighted by atomic mass is 16.3. The zero-order chi connectivity index (χ0) is 9.23. The van der Waals surface area contributed by atoms with Gasteiger partial charge >= 0.3 is 0 Å². The van der Waals surface area contributed by atoms with Crippen molar-refractivity contribution in [1.82, 2.24) is 0 Å². The molecule has 0 heterocycles. The maximum atomic E-state index is 8.65. The fourth-order valence-electron chi connectivity index (χ4n) is 0.917. The maximum absolute atomic E-state index is 8.65. The van der Waals surface area contributed by atoms with Gasteiger partial charge in [0.05, 0.1) is 18.6 Å². The van der Waals surface area contributed by atoms with E-state index in [-0.39, 0.29) is 12.5 Å². The Morgan fingerprint density at radius 3 is 2.75 bits per heavy atom. The molecule has 0 aliphatic carbocycles. The van der Waals surface area contributed by atoms with Gasteiger partial charge in [0.25, 0.3) is 0 Å². The van der Waals surface area contributed by atoms with Crippen molar-refractivity contribution in [2.75, 3.05) is 6.61 Å². The summed E-state index contributed by atoms with van der Waals surface area (Å²) in [6.45, 7) is 2.09. The number of hydrogen-bond acceptors (Lipinski definition) is 2. The fraction of sp³-hybridized carbons (Fsp3) is 0.700. The molecule has 0 radical (unpaired) electrons. The van der Waals surface area contributed by atoms with Crippen LogP contribution in [0.25, 0.3) is 0 Å². The quantitative estimate of drug-likeness (QED) is 0.487. The van der Waals surface area contributed by atoms with E-state index in [4.69, 9.17) is 10.4 Å². The predicted molar refractivity (Wildman–Crippen MR) is 49.5 cm³/mol. The highest BCUT2D eigenvalue weighted by Crippen LogP contribution is 2.02. The summed E-state index contributed by atoms with van der Waals surface area (Å²) in [5.41, 5.74) is 0. The lowest BCUT2D eigenvalue weighted by molar-refractivity contribution is 0.276. The molecule has 0 saturated carbocycles. The normalized spacial score (nSPS) is 13.1. The van der Waals surface area contributed by atoms with E-state index >= 15 is 0 Å². The molecule has 0 rings (SSSR count). The van der Waals surface area contributed by atoms with Crippen LogP contribution in [0.2, 0.25) is 0 Å². The lowest BCUT2D eigenvalue weighted by Crippen LogP contribution is -1.97. The van der Waals surface area contributed by atoms with Crippen molar-refractivity contribution in [1.29, 1.82) is 5.26 Å². The van der Waals surface area contributed by atoms with Crippen LogP contribution in [0.5, 0.6) is 0 Å². The molecule has 0 aromatic rings. The second kappa shape index (κ2) is 8.29. The summed E-state index contributed by atoms with van der Waals surface area (Å²) in [7, 11) is 0. The molecular formula is C10H17NO. The van der Waals surface area contributed by atoms with E-state index in [9.17, 15) is 0 Å². The van der Waals surface area contributed by atoms with Crippen molar-refractivity contribution in [2.24, 2.45) is 5.92 Å². The largest absolute Gasteiger partial charge is 0.395 e. The molecule has 0 aliphatic rings. The van der Waals surface area contributed by atoms with Gasteiger partial charge in [-0.3, -0.25) is 0 Å². The molecule has 0 bridgehead atoms. The van der Waals surface area contributed by atoms with Crippen LogP contribution in [0.4, 0.5) is 0 Å². The number of nitrogens with zero attached hydrogens (tertiary/aromatic N) is 1. The first-order valence-electron chi connectivity index (χ1n) is 4.52. The third-order valence-corrected chi connectivity index (χ3v) is 1.71. The molecule has 12 heavy (non-hydrogen) atoms. The molecule has 1 atom stereocenters. The molecule has 0 aromatic carbocycles. The van der Waals surface area contributed by atoms with Gasteiger partial charge < -0.3 is 5.11 Å². The molecule has 1 N–H and O–H groups in total. The first kappa shape index (κ1) is 11.2.